The molecule has 0 radical (unpaired) electrons. The van der Waals surface area contributed by atoms with Crippen LogP contribution in [0, 0.1) is 13.8 Å². The van der Waals surface area contributed by atoms with Crippen LogP contribution in [-0.4, -0.2) is 37.8 Å². The lowest BCUT2D eigenvalue weighted by atomic mass is 10.1. The first-order valence-corrected chi connectivity index (χ1v) is 7.86. The number of aromatic nitrogens is 4. The number of rotatable bonds is 4. The lowest BCUT2D eigenvalue weighted by Gasteiger charge is -2.15. The number of H-pyrrole nitrogens is 2. The molecule has 2 heterocycles. The molecule has 1 aromatic carbocycles. The third kappa shape index (κ3) is 3.65. The first kappa shape index (κ1) is 16.6. The van der Waals surface area contributed by atoms with Crippen LogP contribution < -0.4 is 5.56 Å². The molecule has 0 aliphatic carbocycles. The Hall–Kier alpha value is -3.22. The van der Waals surface area contributed by atoms with E-state index in [9.17, 15) is 9.59 Å². The lowest BCUT2D eigenvalue weighted by molar-refractivity contribution is 0.0779. The number of benzene rings is 1. The third-order valence-corrected chi connectivity index (χ3v) is 3.84. The Bertz CT molecular complexity index is 956. The first-order chi connectivity index (χ1) is 11.9. The summed E-state index contributed by atoms with van der Waals surface area (Å²) in [5, 5.41) is 0. The summed E-state index contributed by atoms with van der Waals surface area (Å²) < 4.78 is 0. The predicted octanol–water partition coefficient (Wildman–Crippen LogP) is 2.05. The summed E-state index contributed by atoms with van der Waals surface area (Å²) in [6.45, 7) is 4.15. The molecule has 7 heteroatoms. The minimum absolute atomic E-state index is 0.00152. The van der Waals surface area contributed by atoms with Gasteiger partial charge in [0, 0.05) is 30.7 Å². The Morgan fingerprint density at radius 1 is 1.08 bits per heavy atom. The van der Waals surface area contributed by atoms with Crippen LogP contribution in [0.1, 0.15) is 27.4 Å². The summed E-state index contributed by atoms with van der Waals surface area (Å²) in [6.07, 6.45) is 3.01. The van der Waals surface area contributed by atoms with Crippen LogP contribution in [0.4, 0.5) is 0 Å². The second kappa shape index (κ2) is 6.72. The second-order valence-electron chi connectivity index (χ2n) is 6.01. The maximum Gasteiger partial charge on any atom is 0.264 e. The quantitative estimate of drug-likeness (QED) is 0.762. The fraction of sp³-hybridized carbons (Fsp3) is 0.222. The third-order valence-electron chi connectivity index (χ3n) is 3.84. The molecule has 0 bridgehead atoms. The molecule has 0 atom stereocenters. The molecule has 0 saturated carbocycles. The number of carbonyl (C=O) groups excluding carboxylic acids is 1. The molecule has 0 spiro atoms. The van der Waals surface area contributed by atoms with E-state index in [1.54, 1.807) is 13.2 Å². The monoisotopic (exact) mass is 337 g/mol. The van der Waals surface area contributed by atoms with E-state index in [0.717, 1.165) is 16.8 Å². The van der Waals surface area contributed by atoms with Crippen LogP contribution in [0.3, 0.4) is 0 Å². The van der Waals surface area contributed by atoms with Gasteiger partial charge in [-0.3, -0.25) is 9.59 Å². The summed E-state index contributed by atoms with van der Waals surface area (Å²) in [6, 6.07) is 7.63. The van der Waals surface area contributed by atoms with Crippen LogP contribution in [0.25, 0.3) is 11.4 Å². The number of imidazole rings is 1. The molecule has 3 aromatic rings. The largest absolute Gasteiger partial charge is 0.345 e. The Kier molecular flexibility index (Phi) is 4.47. The van der Waals surface area contributed by atoms with Crippen molar-refractivity contribution < 1.29 is 4.79 Å². The Morgan fingerprint density at radius 2 is 1.80 bits per heavy atom. The predicted molar refractivity (Wildman–Crippen MR) is 94.2 cm³/mol. The second-order valence-corrected chi connectivity index (χ2v) is 6.01. The maximum atomic E-state index is 12.5. The number of amides is 1. The van der Waals surface area contributed by atoms with Crippen molar-refractivity contribution in [1.29, 1.82) is 0 Å². The van der Waals surface area contributed by atoms with Gasteiger partial charge in [-0.05, 0) is 13.8 Å². The van der Waals surface area contributed by atoms with Crippen LogP contribution in [-0.2, 0) is 6.54 Å². The Morgan fingerprint density at radius 3 is 2.40 bits per heavy atom. The number of nitrogens with one attached hydrogen (secondary N) is 2. The van der Waals surface area contributed by atoms with Gasteiger partial charge in [0.05, 0.1) is 6.54 Å². The summed E-state index contributed by atoms with van der Waals surface area (Å²) in [5.74, 6) is 0.693. The van der Waals surface area contributed by atoms with Gasteiger partial charge in [-0.1, -0.05) is 29.8 Å². The SMILES string of the molecule is Cc1ccc(-c2ncc(C(=O)N(C)Cc3ncc(C)[nH]3)c(=O)[nH]2)cc1. The van der Waals surface area contributed by atoms with Crippen LogP contribution >= 0.6 is 0 Å². The van der Waals surface area contributed by atoms with Gasteiger partial charge in [0.25, 0.3) is 11.5 Å². The molecule has 0 saturated heterocycles. The maximum absolute atomic E-state index is 12.5. The average Bonchev–Trinajstić information content (AvgIpc) is 2.99. The average molecular weight is 337 g/mol. The molecule has 0 aliphatic heterocycles. The van der Waals surface area contributed by atoms with E-state index in [2.05, 4.69) is 19.9 Å². The fourth-order valence-electron chi connectivity index (χ4n) is 2.45. The van der Waals surface area contributed by atoms with Gasteiger partial charge in [-0.2, -0.15) is 0 Å². The molecule has 0 unspecified atom stereocenters. The van der Waals surface area contributed by atoms with Gasteiger partial charge in [0.2, 0.25) is 0 Å². The van der Waals surface area contributed by atoms with Crippen molar-refractivity contribution in [2.75, 3.05) is 7.05 Å². The van der Waals surface area contributed by atoms with Crippen molar-refractivity contribution in [1.82, 2.24) is 24.8 Å². The highest BCUT2D eigenvalue weighted by molar-refractivity contribution is 5.93. The van der Waals surface area contributed by atoms with Crippen molar-refractivity contribution in [3.63, 3.8) is 0 Å². The highest BCUT2D eigenvalue weighted by Gasteiger charge is 2.18. The molecule has 3 rings (SSSR count). The number of aromatic amines is 2. The van der Waals surface area contributed by atoms with E-state index >= 15 is 0 Å². The zero-order valence-corrected chi connectivity index (χ0v) is 14.3. The van der Waals surface area contributed by atoms with Gasteiger partial charge < -0.3 is 14.9 Å². The Balaban J connectivity index is 1.81. The zero-order valence-electron chi connectivity index (χ0n) is 14.3. The number of aryl methyl sites for hydroxylation is 2. The number of hydrogen-bond donors (Lipinski definition) is 2. The highest BCUT2D eigenvalue weighted by atomic mass is 16.2. The highest BCUT2D eigenvalue weighted by Crippen LogP contribution is 2.14. The Labute approximate surface area is 144 Å². The van der Waals surface area contributed by atoms with Gasteiger partial charge in [-0.25, -0.2) is 9.97 Å². The molecule has 7 nitrogen and oxygen atoms in total. The first-order valence-electron chi connectivity index (χ1n) is 7.86. The smallest absolute Gasteiger partial charge is 0.264 e. The molecule has 0 fully saturated rings. The zero-order chi connectivity index (χ0) is 18.0. The summed E-state index contributed by atoms with van der Waals surface area (Å²) in [5.41, 5.74) is 2.37. The number of nitrogens with zero attached hydrogens (tertiary/aromatic N) is 3. The molecular formula is C18H19N5O2. The molecule has 2 aromatic heterocycles. The van der Waals surface area contributed by atoms with Crippen molar-refractivity contribution in [2.45, 2.75) is 20.4 Å². The van der Waals surface area contributed by atoms with Gasteiger partial charge in [0.1, 0.15) is 17.2 Å². The molecule has 2 N–H and O–H groups in total. The minimum atomic E-state index is -0.460. The van der Waals surface area contributed by atoms with E-state index < -0.39 is 11.5 Å². The van der Waals surface area contributed by atoms with Gasteiger partial charge in [0.15, 0.2) is 0 Å². The van der Waals surface area contributed by atoms with Crippen molar-refractivity contribution in [3.8, 4) is 11.4 Å². The minimum Gasteiger partial charge on any atom is -0.345 e. The van der Waals surface area contributed by atoms with Gasteiger partial charge >= 0.3 is 0 Å². The molecule has 0 aliphatic rings. The van der Waals surface area contributed by atoms with E-state index in [4.69, 9.17) is 0 Å². The number of hydrogen-bond acceptors (Lipinski definition) is 4. The number of carbonyl (C=O) groups is 1. The van der Waals surface area contributed by atoms with Crippen molar-refractivity contribution in [3.05, 3.63) is 69.7 Å². The van der Waals surface area contributed by atoms with E-state index in [1.807, 2.05) is 38.1 Å². The molecule has 1 amide bonds. The molecular weight excluding hydrogens is 318 g/mol. The molecule has 25 heavy (non-hydrogen) atoms. The summed E-state index contributed by atoms with van der Waals surface area (Å²) >= 11 is 0. The van der Waals surface area contributed by atoms with E-state index in [-0.39, 0.29) is 12.1 Å². The van der Waals surface area contributed by atoms with E-state index in [0.29, 0.717) is 11.6 Å². The van der Waals surface area contributed by atoms with Crippen LogP contribution in [0.2, 0.25) is 0 Å². The van der Waals surface area contributed by atoms with E-state index in [1.165, 1.54) is 11.1 Å². The van der Waals surface area contributed by atoms with Crippen LogP contribution in [0.5, 0.6) is 0 Å². The standard InChI is InChI=1S/C18H19N5O2/c1-11-4-6-13(7-5-11)16-20-9-14(17(24)22-16)18(25)23(3)10-15-19-8-12(2)21-15/h4-9H,10H2,1-3H3,(H,19,21)(H,20,22,24). The topological polar surface area (TPSA) is 94.7 Å². The normalized spacial score (nSPS) is 10.7. The van der Waals surface area contributed by atoms with Crippen molar-refractivity contribution in [2.24, 2.45) is 0 Å². The van der Waals surface area contributed by atoms with Crippen LogP contribution in [0.15, 0.2) is 41.5 Å². The lowest BCUT2D eigenvalue weighted by Crippen LogP contribution is -2.32. The van der Waals surface area contributed by atoms with Gasteiger partial charge in [-0.15, -0.1) is 0 Å². The fourth-order valence-corrected chi connectivity index (χ4v) is 2.45. The summed E-state index contributed by atoms with van der Waals surface area (Å²) in [7, 11) is 1.62. The summed E-state index contributed by atoms with van der Waals surface area (Å²) in [4.78, 5) is 40.4. The molecule has 128 valence electrons. The van der Waals surface area contributed by atoms with Crippen molar-refractivity contribution >= 4 is 5.91 Å².